The van der Waals surface area contributed by atoms with Crippen molar-refractivity contribution in [3.8, 4) is 0 Å². The highest BCUT2D eigenvalue weighted by molar-refractivity contribution is 5.83. The fraction of sp³-hybridized carbons (Fsp3) is 0.800. The van der Waals surface area contributed by atoms with Crippen LogP contribution in [0.25, 0.3) is 0 Å². The summed E-state index contributed by atoms with van der Waals surface area (Å²) in [4.78, 5) is 23.8. The third-order valence-corrected chi connectivity index (χ3v) is 2.14. The van der Waals surface area contributed by atoms with Crippen LogP contribution in [0.4, 0.5) is 0 Å². The van der Waals surface area contributed by atoms with E-state index in [1.165, 1.54) is 4.90 Å². The minimum atomic E-state index is -1.01. The molecule has 0 saturated heterocycles. The summed E-state index contributed by atoms with van der Waals surface area (Å²) < 4.78 is 0. The van der Waals surface area contributed by atoms with E-state index in [4.69, 9.17) is 10.8 Å². The molecule has 15 heavy (non-hydrogen) atoms. The highest BCUT2D eigenvalue weighted by Crippen LogP contribution is 2.16. The number of amides is 1. The van der Waals surface area contributed by atoms with Gasteiger partial charge in [-0.2, -0.15) is 0 Å². The monoisotopic (exact) mass is 216 g/mol. The maximum atomic E-state index is 11.8. The van der Waals surface area contributed by atoms with Crippen LogP contribution in [0.2, 0.25) is 0 Å². The van der Waals surface area contributed by atoms with Crippen molar-refractivity contribution in [2.24, 2.45) is 11.7 Å². The van der Waals surface area contributed by atoms with Crippen LogP contribution in [0.5, 0.6) is 0 Å². The molecule has 0 spiro atoms. The van der Waals surface area contributed by atoms with Gasteiger partial charge in [0.05, 0.1) is 0 Å². The van der Waals surface area contributed by atoms with E-state index in [0.717, 1.165) is 0 Å². The van der Waals surface area contributed by atoms with Gasteiger partial charge in [-0.3, -0.25) is 9.59 Å². The predicted molar refractivity (Wildman–Crippen MR) is 57.3 cm³/mol. The van der Waals surface area contributed by atoms with E-state index >= 15 is 0 Å². The summed E-state index contributed by atoms with van der Waals surface area (Å²) in [6, 6.07) is 0. The molecule has 3 N–H and O–H groups in total. The van der Waals surface area contributed by atoms with E-state index in [-0.39, 0.29) is 24.9 Å². The number of rotatable bonds is 4. The van der Waals surface area contributed by atoms with Crippen LogP contribution >= 0.6 is 0 Å². The van der Waals surface area contributed by atoms with E-state index in [0.29, 0.717) is 0 Å². The molecule has 1 unspecified atom stereocenters. The Morgan fingerprint density at radius 1 is 1.40 bits per heavy atom. The van der Waals surface area contributed by atoms with Crippen molar-refractivity contribution in [1.82, 2.24) is 4.90 Å². The molecule has 0 aliphatic carbocycles. The molecule has 0 bridgehead atoms. The zero-order valence-corrected chi connectivity index (χ0v) is 9.78. The Morgan fingerprint density at radius 2 is 1.87 bits per heavy atom. The first-order chi connectivity index (χ1) is 6.70. The van der Waals surface area contributed by atoms with Crippen LogP contribution in [-0.2, 0) is 9.59 Å². The van der Waals surface area contributed by atoms with Crippen LogP contribution in [0.3, 0.4) is 0 Å². The van der Waals surface area contributed by atoms with Gasteiger partial charge < -0.3 is 15.7 Å². The fourth-order valence-electron chi connectivity index (χ4n) is 1.15. The molecule has 0 fully saturated rings. The summed E-state index contributed by atoms with van der Waals surface area (Å²) in [6.45, 7) is 7.05. The number of hydrogen-bond donors (Lipinski definition) is 2. The number of carbonyl (C=O) groups excluding carboxylic acids is 1. The molecule has 0 heterocycles. The molecule has 0 aliphatic heterocycles. The average Bonchev–Trinajstić information content (AvgIpc) is 2.09. The smallest absolute Gasteiger partial charge is 0.323 e. The van der Waals surface area contributed by atoms with Crippen LogP contribution in [-0.4, -0.2) is 40.5 Å². The molecule has 5 nitrogen and oxygen atoms in total. The van der Waals surface area contributed by atoms with Gasteiger partial charge in [0, 0.05) is 18.0 Å². The summed E-state index contributed by atoms with van der Waals surface area (Å²) in [6.07, 6.45) is 0. The molecule has 88 valence electrons. The molecule has 0 aromatic rings. The molecule has 0 saturated carbocycles. The summed E-state index contributed by atoms with van der Waals surface area (Å²) in [7, 11) is 0. The number of hydrogen-bond acceptors (Lipinski definition) is 3. The maximum absolute atomic E-state index is 11.8. The van der Waals surface area contributed by atoms with Crippen LogP contribution in [0, 0.1) is 5.92 Å². The normalized spacial score (nSPS) is 13.4. The Morgan fingerprint density at radius 3 is 2.13 bits per heavy atom. The summed E-state index contributed by atoms with van der Waals surface area (Å²) in [5, 5.41) is 8.73. The SMILES string of the molecule is CC(CN)C(=O)N(CC(=O)O)C(C)(C)C. The Kier molecular flexibility index (Phi) is 4.74. The molecule has 5 heteroatoms. The molecule has 0 aromatic carbocycles. The molecular formula is C10H20N2O3. The molecule has 0 rings (SSSR count). The van der Waals surface area contributed by atoms with Gasteiger partial charge in [-0.15, -0.1) is 0 Å². The lowest BCUT2D eigenvalue weighted by Crippen LogP contribution is -2.51. The topological polar surface area (TPSA) is 83.6 Å². The Balaban J connectivity index is 4.79. The lowest BCUT2D eigenvalue weighted by Gasteiger charge is -2.36. The first-order valence-electron chi connectivity index (χ1n) is 4.93. The molecule has 0 aliphatic rings. The number of carboxylic acids is 1. The summed E-state index contributed by atoms with van der Waals surface area (Å²) >= 11 is 0. The van der Waals surface area contributed by atoms with E-state index in [2.05, 4.69) is 0 Å². The van der Waals surface area contributed by atoms with Crippen molar-refractivity contribution < 1.29 is 14.7 Å². The average molecular weight is 216 g/mol. The second kappa shape index (κ2) is 5.11. The predicted octanol–water partition coefficient (Wildman–Crippen LogP) is 0.293. The molecule has 1 atom stereocenters. The first kappa shape index (κ1) is 13.9. The van der Waals surface area contributed by atoms with E-state index in [1.54, 1.807) is 27.7 Å². The fourth-order valence-corrected chi connectivity index (χ4v) is 1.15. The minimum Gasteiger partial charge on any atom is -0.480 e. The van der Waals surface area contributed by atoms with Crippen LogP contribution in [0.1, 0.15) is 27.7 Å². The van der Waals surface area contributed by atoms with Crippen molar-refractivity contribution in [2.75, 3.05) is 13.1 Å². The lowest BCUT2D eigenvalue weighted by atomic mass is 10.0. The van der Waals surface area contributed by atoms with Crippen molar-refractivity contribution >= 4 is 11.9 Å². The molecular weight excluding hydrogens is 196 g/mol. The van der Waals surface area contributed by atoms with Gasteiger partial charge in [0.25, 0.3) is 0 Å². The number of nitrogens with two attached hydrogens (primary N) is 1. The third-order valence-electron chi connectivity index (χ3n) is 2.14. The van der Waals surface area contributed by atoms with E-state index in [1.807, 2.05) is 0 Å². The Bertz CT molecular complexity index is 246. The largest absolute Gasteiger partial charge is 0.480 e. The summed E-state index contributed by atoms with van der Waals surface area (Å²) in [5.74, 6) is -1.57. The zero-order chi connectivity index (χ0) is 12.2. The second-order valence-corrected chi connectivity index (χ2v) is 4.63. The van der Waals surface area contributed by atoms with Gasteiger partial charge in [0.2, 0.25) is 5.91 Å². The van der Waals surface area contributed by atoms with Crippen molar-refractivity contribution in [3.63, 3.8) is 0 Å². The standard InChI is InChI=1S/C10H20N2O3/c1-7(5-11)9(15)12(6-8(13)14)10(2,3)4/h7H,5-6,11H2,1-4H3,(H,13,14). The maximum Gasteiger partial charge on any atom is 0.323 e. The zero-order valence-electron chi connectivity index (χ0n) is 9.78. The highest BCUT2D eigenvalue weighted by Gasteiger charge is 2.30. The van der Waals surface area contributed by atoms with Gasteiger partial charge in [0.15, 0.2) is 0 Å². The number of aliphatic carboxylic acids is 1. The molecule has 0 radical (unpaired) electrons. The molecule has 0 aromatic heterocycles. The van der Waals surface area contributed by atoms with Crippen molar-refractivity contribution in [2.45, 2.75) is 33.2 Å². The van der Waals surface area contributed by atoms with Gasteiger partial charge in [-0.25, -0.2) is 0 Å². The second-order valence-electron chi connectivity index (χ2n) is 4.63. The Hall–Kier alpha value is -1.10. The van der Waals surface area contributed by atoms with Gasteiger partial charge in [0.1, 0.15) is 6.54 Å². The van der Waals surface area contributed by atoms with E-state index < -0.39 is 11.5 Å². The lowest BCUT2D eigenvalue weighted by molar-refractivity contribution is -0.150. The Labute approximate surface area is 90.2 Å². The van der Waals surface area contributed by atoms with Crippen molar-refractivity contribution in [1.29, 1.82) is 0 Å². The summed E-state index contributed by atoms with van der Waals surface area (Å²) in [5.41, 5.74) is 4.89. The third kappa shape index (κ3) is 4.29. The number of carbonyl (C=O) groups is 2. The van der Waals surface area contributed by atoms with Crippen LogP contribution in [0.15, 0.2) is 0 Å². The van der Waals surface area contributed by atoms with Gasteiger partial charge in [-0.1, -0.05) is 6.92 Å². The van der Waals surface area contributed by atoms with Crippen molar-refractivity contribution in [3.05, 3.63) is 0 Å². The highest BCUT2D eigenvalue weighted by atomic mass is 16.4. The minimum absolute atomic E-state index is 0.215. The van der Waals surface area contributed by atoms with Crippen LogP contribution < -0.4 is 5.73 Å². The molecule has 1 amide bonds. The number of nitrogens with zero attached hydrogens (tertiary/aromatic N) is 1. The van der Waals surface area contributed by atoms with Gasteiger partial charge in [-0.05, 0) is 20.8 Å². The van der Waals surface area contributed by atoms with Gasteiger partial charge >= 0.3 is 5.97 Å². The van der Waals surface area contributed by atoms with E-state index in [9.17, 15) is 9.59 Å². The quantitative estimate of drug-likeness (QED) is 0.707. The first-order valence-corrected chi connectivity index (χ1v) is 4.93. The number of carboxylic acid groups (broad SMARTS) is 1.